The number of fused-ring (bicyclic) bond motifs is 6. The lowest BCUT2D eigenvalue weighted by Crippen LogP contribution is -2.48. The molecule has 2 aliphatic heterocycles. The fourth-order valence-corrected chi connectivity index (χ4v) is 9.61. The SMILES string of the molecule is CC1=C2C[C@H]3C(CC[C@@H]4CC(=O)CC[C@@]43C)[C@@H]2CC[C@@]2(C1)O[C@@H]1C[C@H](C)CN[C@H]1[C@H]2C. The highest BCUT2D eigenvalue weighted by molar-refractivity contribution is 5.79. The van der Waals surface area contributed by atoms with Crippen molar-refractivity contribution in [3.63, 3.8) is 0 Å². The third kappa shape index (κ3) is 3.01. The summed E-state index contributed by atoms with van der Waals surface area (Å²) in [7, 11) is 0. The fourth-order valence-electron chi connectivity index (χ4n) is 9.61. The van der Waals surface area contributed by atoms with E-state index in [0.29, 0.717) is 35.2 Å². The number of nitrogens with one attached hydrogen (secondary N) is 1. The largest absolute Gasteiger partial charge is 0.369 e. The van der Waals surface area contributed by atoms with Crippen LogP contribution in [0.2, 0.25) is 0 Å². The maximum Gasteiger partial charge on any atom is 0.133 e. The van der Waals surface area contributed by atoms with Crippen LogP contribution in [0.3, 0.4) is 0 Å². The molecule has 3 nitrogen and oxygen atoms in total. The highest BCUT2D eigenvalue weighted by Crippen LogP contribution is 2.65. The van der Waals surface area contributed by atoms with Gasteiger partial charge in [0.2, 0.25) is 0 Å². The van der Waals surface area contributed by atoms with E-state index in [2.05, 4.69) is 33.0 Å². The Morgan fingerprint density at radius 1 is 1.10 bits per heavy atom. The molecule has 3 saturated carbocycles. The minimum absolute atomic E-state index is 0.0572. The Labute approximate surface area is 189 Å². The van der Waals surface area contributed by atoms with Gasteiger partial charge < -0.3 is 10.1 Å². The van der Waals surface area contributed by atoms with Crippen molar-refractivity contribution in [2.75, 3.05) is 6.54 Å². The number of ketones is 1. The number of allylic oxidation sites excluding steroid dienone is 1. The van der Waals surface area contributed by atoms with Crippen molar-refractivity contribution in [3.05, 3.63) is 11.1 Å². The average Bonchev–Trinajstić information content (AvgIpc) is 3.19. The Morgan fingerprint density at radius 2 is 1.94 bits per heavy atom. The van der Waals surface area contributed by atoms with Crippen molar-refractivity contribution in [2.45, 2.75) is 110 Å². The molecule has 6 rings (SSSR count). The number of ether oxygens (including phenoxy) is 1. The Morgan fingerprint density at radius 3 is 2.77 bits per heavy atom. The molecule has 10 atom stereocenters. The van der Waals surface area contributed by atoms with Crippen molar-refractivity contribution < 1.29 is 9.53 Å². The number of hydrogen-bond acceptors (Lipinski definition) is 3. The van der Waals surface area contributed by atoms with Crippen LogP contribution in [0.15, 0.2) is 11.1 Å². The minimum atomic E-state index is 0.0572. The fraction of sp³-hybridized carbons (Fsp3) is 0.893. The van der Waals surface area contributed by atoms with E-state index in [0.717, 1.165) is 55.9 Å². The van der Waals surface area contributed by atoms with Gasteiger partial charge >= 0.3 is 0 Å². The molecule has 4 aliphatic carbocycles. The Balaban J connectivity index is 1.28. The van der Waals surface area contributed by atoms with Gasteiger partial charge in [0, 0.05) is 24.8 Å². The molecule has 2 heterocycles. The molecule has 2 saturated heterocycles. The van der Waals surface area contributed by atoms with Gasteiger partial charge in [-0.15, -0.1) is 0 Å². The van der Waals surface area contributed by atoms with Crippen LogP contribution in [0.4, 0.5) is 0 Å². The molecule has 5 fully saturated rings. The first-order chi connectivity index (χ1) is 14.8. The molecule has 0 aromatic rings. The summed E-state index contributed by atoms with van der Waals surface area (Å²) in [4.78, 5) is 12.2. The highest BCUT2D eigenvalue weighted by atomic mass is 16.5. The number of hydrogen-bond donors (Lipinski definition) is 1. The summed E-state index contributed by atoms with van der Waals surface area (Å²) >= 11 is 0. The predicted molar refractivity (Wildman–Crippen MR) is 124 cm³/mol. The Bertz CT molecular complexity index is 803. The molecule has 1 N–H and O–H groups in total. The number of Topliss-reactive ketones (excluding diaryl/α,β-unsaturated/α-hetero) is 1. The lowest BCUT2D eigenvalue weighted by molar-refractivity contribution is -0.129. The van der Waals surface area contributed by atoms with Crippen LogP contribution in [0, 0.1) is 40.9 Å². The van der Waals surface area contributed by atoms with Gasteiger partial charge in [-0.1, -0.05) is 31.9 Å². The molecule has 0 radical (unpaired) electrons. The second-order valence-electron chi connectivity index (χ2n) is 12.9. The number of rotatable bonds is 0. The van der Waals surface area contributed by atoms with Gasteiger partial charge in [0.05, 0.1) is 11.7 Å². The predicted octanol–water partition coefficient (Wildman–Crippen LogP) is 5.68. The molecule has 0 amide bonds. The highest BCUT2D eigenvalue weighted by Gasteiger charge is 2.59. The topological polar surface area (TPSA) is 38.3 Å². The molecular weight excluding hydrogens is 382 g/mol. The van der Waals surface area contributed by atoms with Crippen LogP contribution >= 0.6 is 0 Å². The first-order valence-corrected chi connectivity index (χ1v) is 13.4. The van der Waals surface area contributed by atoms with Gasteiger partial charge in [0.1, 0.15) is 5.78 Å². The summed E-state index contributed by atoms with van der Waals surface area (Å²) in [5.74, 6) is 4.97. The summed E-state index contributed by atoms with van der Waals surface area (Å²) in [5, 5.41) is 3.85. The van der Waals surface area contributed by atoms with E-state index in [1.165, 1.54) is 38.5 Å². The third-order valence-corrected chi connectivity index (χ3v) is 11.4. The van der Waals surface area contributed by atoms with Crippen molar-refractivity contribution in [1.29, 1.82) is 0 Å². The van der Waals surface area contributed by atoms with Crippen molar-refractivity contribution >= 4 is 5.78 Å². The summed E-state index contributed by atoms with van der Waals surface area (Å²) in [6, 6.07) is 0.550. The monoisotopic (exact) mass is 425 g/mol. The van der Waals surface area contributed by atoms with Gasteiger partial charge in [0.25, 0.3) is 0 Å². The number of piperidine rings is 1. The zero-order valence-electron chi connectivity index (χ0n) is 20.2. The summed E-state index contributed by atoms with van der Waals surface area (Å²) in [5.41, 5.74) is 3.95. The zero-order valence-corrected chi connectivity index (χ0v) is 20.2. The van der Waals surface area contributed by atoms with E-state index in [-0.39, 0.29) is 5.60 Å². The van der Waals surface area contributed by atoms with Crippen LogP contribution in [0.5, 0.6) is 0 Å². The van der Waals surface area contributed by atoms with Crippen LogP contribution < -0.4 is 5.32 Å². The van der Waals surface area contributed by atoms with Gasteiger partial charge in [-0.2, -0.15) is 0 Å². The van der Waals surface area contributed by atoms with Crippen LogP contribution in [0.25, 0.3) is 0 Å². The van der Waals surface area contributed by atoms with E-state index in [4.69, 9.17) is 4.74 Å². The third-order valence-electron chi connectivity index (χ3n) is 11.4. The van der Waals surface area contributed by atoms with Gasteiger partial charge in [-0.25, -0.2) is 0 Å². The second-order valence-corrected chi connectivity index (χ2v) is 12.9. The molecular formula is C28H43NO2. The molecule has 31 heavy (non-hydrogen) atoms. The molecule has 0 aromatic carbocycles. The molecule has 172 valence electrons. The first kappa shape index (κ1) is 20.9. The standard InChI is InChI=1S/C28H43NO2/c1-16-11-25-26(29-15-16)18(3)28(31-25)10-8-21-22-6-5-19-12-20(30)7-9-27(19,4)24(22)13-23(21)17(2)14-28/h16,18-19,21-22,24-26,29H,5-15H2,1-4H3/t16-,18+,19+,21-,22?,24-,25+,26-,27-,28-/m0/s1. The Hall–Kier alpha value is -0.670. The number of carbonyl (C=O) groups excluding carboxylic acids is 1. The lowest BCUT2D eigenvalue weighted by Gasteiger charge is -2.52. The minimum Gasteiger partial charge on any atom is -0.369 e. The zero-order chi connectivity index (χ0) is 21.5. The molecule has 1 unspecified atom stereocenters. The van der Waals surface area contributed by atoms with Gasteiger partial charge in [-0.05, 0) is 99.8 Å². The van der Waals surface area contributed by atoms with Crippen LogP contribution in [-0.4, -0.2) is 30.1 Å². The van der Waals surface area contributed by atoms with Crippen LogP contribution in [-0.2, 0) is 9.53 Å². The van der Waals surface area contributed by atoms with E-state index in [1.54, 1.807) is 5.57 Å². The molecule has 0 aromatic heterocycles. The summed E-state index contributed by atoms with van der Waals surface area (Å²) in [6.07, 6.45) is 12.2. The Kier molecular flexibility index (Phi) is 4.83. The van der Waals surface area contributed by atoms with E-state index >= 15 is 0 Å². The van der Waals surface area contributed by atoms with Gasteiger partial charge in [-0.3, -0.25) is 4.79 Å². The number of carbonyl (C=O) groups is 1. The van der Waals surface area contributed by atoms with E-state index < -0.39 is 0 Å². The maximum atomic E-state index is 12.2. The van der Waals surface area contributed by atoms with Crippen LogP contribution in [0.1, 0.15) is 91.9 Å². The van der Waals surface area contributed by atoms with E-state index in [1.807, 2.05) is 5.57 Å². The van der Waals surface area contributed by atoms with Crippen molar-refractivity contribution in [3.8, 4) is 0 Å². The average molecular weight is 426 g/mol. The van der Waals surface area contributed by atoms with Crippen molar-refractivity contribution in [2.24, 2.45) is 40.9 Å². The quantitative estimate of drug-likeness (QED) is 0.507. The van der Waals surface area contributed by atoms with Crippen molar-refractivity contribution in [1.82, 2.24) is 5.32 Å². The van der Waals surface area contributed by atoms with Gasteiger partial charge in [0.15, 0.2) is 0 Å². The molecule has 1 spiro atoms. The summed E-state index contributed by atoms with van der Waals surface area (Å²) < 4.78 is 7.01. The normalized spacial score (nSPS) is 54.3. The molecule has 6 aliphatic rings. The second kappa shape index (κ2) is 7.16. The molecule has 3 heteroatoms. The van der Waals surface area contributed by atoms with E-state index in [9.17, 15) is 4.79 Å². The molecule has 0 bridgehead atoms. The maximum absolute atomic E-state index is 12.2. The first-order valence-electron chi connectivity index (χ1n) is 13.4. The lowest BCUT2D eigenvalue weighted by atomic mass is 9.52. The summed E-state index contributed by atoms with van der Waals surface area (Å²) in [6.45, 7) is 11.0. The smallest absolute Gasteiger partial charge is 0.133 e.